The number of hydrogen-bond acceptors (Lipinski definition) is 7. The molecule has 0 saturated carbocycles. The molecule has 1 saturated heterocycles. The Morgan fingerprint density at radius 2 is 1.69 bits per heavy atom. The van der Waals surface area contributed by atoms with E-state index in [1.54, 1.807) is 13.2 Å². The Bertz CT molecular complexity index is 1490. The molecule has 8 nitrogen and oxygen atoms in total. The second-order valence-corrected chi connectivity index (χ2v) is 9.63. The molecule has 0 aromatic heterocycles. The van der Waals surface area contributed by atoms with E-state index in [9.17, 15) is 23.1 Å². The van der Waals surface area contributed by atoms with Gasteiger partial charge in [-0.3, -0.25) is 4.79 Å². The summed E-state index contributed by atoms with van der Waals surface area (Å²) >= 11 is 0. The van der Waals surface area contributed by atoms with Crippen molar-refractivity contribution in [1.29, 1.82) is 0 Å². The van der Waals surface area contributed by atoms with Gasteiger partial charge < -0.3 is 32.1 Å². The maximum atomic E-state index is 15.1. The van der Waals surface area contributed by atoms with Gasteiger partial charge in [-0.25, -0.2) is 9.38 Å². The Morgan fingerprint density at radius 3 is 2.33 bits per heavy atom. The second-order valence-electron chi connectivity index (χ2n) is 9.63. The summed E-state index contributed by atoms with van der Waals surface area (Å²) in [4.78, 5) is 22.0. The normalized spacial score (nSPS) is 16.8. The van der Waals surface area contributed by atoms with Crippen LogP contribution in [-0.4, -0.2) is 100 Å². The fourth-order valence-corrected chi connectivity index (χ4v) is 5.24. The van der Waals surface area contributed by atoms with Crippen LogP contribution in [0.2, 0.25) is 0 Å². The number of nitrogens with zero attached hydrogens (tertiary/aromatic N) is 4. The molecule has 13 heteroatoms. The summed E-state index contributed by atoms with van der Waals surface area (Å²) in [5.41, 5.74) is 0.204. The minimum Gasteiger partial charge on any atom is -1.00 e. The number of alkyl halides is 3. The molecule has 5 rings (SSSR count). The van der Waals surface area contributed by atoms with Crippen molar-refractivity contribution in [2.45, 2.75) is 18.6 Å². The number of anilines is 2. The number of benzene rings is 3. The summed E-state index contributed by atoms with van der Waals surface area (Å²) in [5.74, 6) is -0.910. The zero-order valence-corrected chi connectivity index (χ0v) is 25.3. The molecule has 2 aliphatic heterocycles. The SMILES string of the molecule is COc1cccc(N2CCN(C3=Nc4c(F)cccc4[C@H](CC(=O)O)N3c3cc(C(F)(F)F)ccc3OC)CC2)c1.[Ca+2].[H-].[H-]. The first-order valence-electron chi connectivity index (χ1n) is 12.9. The van der Waals surface area contributed by atoms with Crippen molar-refractivity contribution < 1.29 is 39.8 Å². The van der Waals surface area contributed by atoms with E-state index in [2.05, 4.69) is 9.89 Å². The number of hydrogen-bond donors (Lipinski definition) is 1. The molecule has 220 valence electrons. The van der Waals surface area contributed by atoms with Crippen molar-refractivity contribution in [2.24, 2.45) is 4.99 Å². The Balaban J connectivity index is 0.00000225. The smallest absolute Gasteiger partial charge is 1.00 e. The first kappa shape index (κ1) is 31.7. The number of rotatable bonds is 6. The number of guanidine groups is 1. The first-order chi connectivity index (χ1) is 19.6. The summed E-state index contributed by atoms with van der Waals surface area (Å²) in [6.07, 6.45) is -5.18. The summed E-state index contributed by atoms with van der Waals surface area (Å²) < 4.78 is 67.3. The molecule has 0 spiro atoms. The number of carbonyl (C=O) groups is 1. The van der Waals surface area contributed by atoms with Crippen molar-refractivity contribution in [3.05, 3.63) is 77.6 Å². The molecule has 0 bridgehead atoms. The second kappa shape index (κ2) is 13.0. The average molecular weight is 615 g/mol. The van der Waals surface area contributed by atoms with E-state index in [1.165, 1.54) is 30.2 Å². The van der Waals surface area contributed by atoms with Crippen LogP contribution in [0.3, 0.4) is 0 Å². The van der Waals surface area contributed by atoms with E-state index in [-0.39, 0.29) is 69.2 Å². The Hall–Kier alpha value is -3.22. The minimum atomic E-state index is -4.66. The third-order valence-corrected chi connectivity index (χ3v) is 7.23. The number of aliphatic carboxylic acids is 1. The molecular formula is C29H30CaF4N4O4. The van der Waals surface area contributed by atoms with Gasteiger partial charge in [0, 0.05) is 43.5 Å². The van der Waals surface area contributed by atoms with Gasteiger partial charge in [-0.2, -0.15) is 13.2 Å². The van der Waals surface area contributed by atoms with E-state index in [4.69, 9.17) is 9.47 Å². The molecule has 0 amide bonds. The zero-order chi connectivity index (χ0) is 29.3. The molecule has 2 aliphatic rings. The van der Waals surface area contributed by atoms with Gasteiger partial charge in [0.1, 0.15) is 23.0 Å². The van der Waals surface area contributed by atoms with Crippen LogP contribution in [-0.2, 0) is 11.0 Å². The van der Waals surface area contributed by atoms with Crippen LogP contribution >= 0.6 is 0 Å². The number of fused-ring (bicyclic) bond motifs is 1. The van der Waals surface area contributed by atoms with Crippen molar-refractivity contribution in [3.8, 4) is 11.5 Å². The van der Waals surface area contributed by atoms with Gasteiger partial charge >= 0.3 is 49.9 Å². The number of halogens is 4. The summed E-state index contributed by atoms with van der Waals surface area (Å²) in [7, 11) is 2.90. The minimum absolute atomic E-state index is 0. The Kier molecular flexibility index (Phi) is 9.79. The maximum absolute atomic E-state index is 15.1. The number of ether oxygens (including phenoxy) is 2. The van der Waals surface area contributed by atoms with Crippen molar-refractivity contribution in [2.75, 3.05) is 50.2 Å². The van der Waals surface area contributed by atoms with Crippen LogP contribution in [0.5, 0.6) is 11.5 Å². The van der Waals surface area contributed by atoms with Crippen LogP contribution in [0.4, 0.5) is 34.6 Å². The number of carboxylic acids is 1. The van der Waals surface area contributed by atoms with Crippen LogP contribution < -0.4 is 19.3 Å². The van der Waals surface area contributed by atoms with Crippen molar-refractivity contribution in [1.82, 2.24) is 4.90 Å². The van der Waals surface area contributed by atoms with Crippen LogP contribution in [0.15, 0.2) is 65.7 Å². The topological polar surface area (TPSA) is 77.8 Å². The van der Waals surface area contributed by atoms with Gasteiger partial charge in [0.05, 0.1) is 37.9 Å². The fraction of sp³-hybridized carbons (Fsp3) is 0.310. The fourth-order valence-electron chi connectivity index (χ4n) is 5.24. The van der Waals surface area contributed by atoms with Crippen LogP contribution in [0.1, 0.15) is 26.4 Å². The predicted molar refractivity (Wildman–Crippen MR) is 154 cm³/mol. The van der Waals surface area contributed by atoms with Crippen LogP contribution in [0.25, 0.3) is 0 Å². The third kappa shape index (κ3) is 6.40. The summed E-state index contributed by atoms with van der Waals surface area (Å²) in [6, 6.07) is 13.7. The monoisotopic (exact) mass is 614 g/mol. The van der Waals surface area contributed by atoms with Gasteiger partial charge in [-0.1, -0.05) is 18.2 Å². The average Bonchev–Trinajstić information content (AvgIpc) is 2.96. The van der Waals surface area contributed by atoms with E-state index >= 15 is 4.39 Å². The number of piperazine rings is 1. The molecular weight excluding hydrogens is 584 g/mol. The largest absolute Gasteiger partial charge is 2.00 e. The van der Waals surface area contributed by atoms with Gasteiger partial charge in [-0.05, 0) is 36.4 Å². The number of methoxy groups -OCH3 is 2. The standard InChI is InChI=1S/C29H28F4N4O4.Ca.2H/c1-40-20-6-3-5-19(16-20)35-11-13-36(14-12-35)28-34-27-21(7-4-8-22(27)30)23(17-26(38)39)37(28)24-15-18(29(31,32)33)9-10-25(24)41-2;;;/h3-10,15-16,23H,11-14,17H2,1-2H3,(H,38,39);;;/q;+2;2*-1/t23-;;;/m0.../s1. The van der Waals surface area contributed by atoms with E-state index in [0.717, 1.165) is 17.8 Å². The molecule has 3 aromatic carbocycles. The zero-order valence-electron chi connectivity index (χ0n) is 25.1. The van der Waals surface area contributed by atoms with Gasteiger partial charge in [-0.15, -0.1) is 0 Å². The molecule has 1 fully saturated rings. The van der Waals surface area contributed by atoms with Crippen molar-refractivity contribution in [3.63, 3.8) is 0 Å². The summed E-state index contributed by atoms with van der Waals surface area (Å²) in [5, 5.41) is 9.83. The van der Waals surface area contributed by atoms with Gasteiger partial charge in [0.2, 0.25) is 5.96 Å². The van der Waals surface area contributed by atoms with E-state index in [1.807, 2.05) is 29.2 Å². The summed E-state index contributed by atoms with van der Waals surface area (Å²) in [6.45, 7) is 1.82. The quantitative estimate of drug-likeness (QED) is 0.288. The predicted octanol–water partition coefficient (Wildman–Crippen LogP) is 5.55. The molecule has 3 aromatic rings. The first-order valence-corrected chi connectivity index (χ1v) is 12.9. The molecule has 0 unspecified atom stereocenters. The van der Waals surface area contributed by atoms with Gasteiger partial charge in [0.25, 0.3) is 0 Å². The number of carboxylic acid groups (broad SMARTS) is 1. The number of para-hydroxylation sites is 1. The molecule has 42 heavy (non-hydrogen) atoms. The third-order valence-electron chi connectivity index (χ3n) is 7.23. The van der Waals surface area contributed by atoms with Crippen molar-refractivity contribution >= 4 is 66.7 Å². The van der Waals surface area contributed by atoms with E-state index < -0.39 is 36.0 Å². The number of aliphatic imine (C=N–C) groups is 1. The molecule has 2 heterocycles. The molecule has 0 radical (unpaired) electrons. The van der Waals surface area contributed by atoms with Crippen LogP contribution in [0, 0.1) is 5.82 Å². The Morgan fingerprint density at radius 1 is 1.00 bits per heavy atom. The van der Waals surface area contributed by atoms with E-state index in [0.29, 0.717) is 31.9 Å². The van der Waals surface area contributed by atoms with Gasteiger partial charge in [0.15, 0.2) is 0 Å². The molecule has 1 atom stereocenters. The molecule has 0 aliphatic carbocycles. The Labute approximate surface area is 273 Å². The maximum Gasteiger partial charge on any atom is 2.00 e. The molecule has 1 N–H and O–H groups in total.